The monoisotopic (exact) mass is 551 g/mol. The number of pyridine rings is 1. The molecule has 5 N–H and O–H groups in total. The number of nitrogens with one attached hydrogen (secondary N) is 4. The second-order valence-corrected chi connectivity index (χ2v) is 8.65. The van der Waals surface area contributed by atoms with Gasteiger partial charge in [-0.3, -0.25) is 25.4 Å². The summed E-state index contributed by atoms with van der Waals surface area (Å²) >= 11 is 5.58. The van der Waals surface area contributed by atoms with Crippen molar-refractivity contribution in [3.8, 4) is 11.5 Å². The highest BCUT2D eigenvalue weighted by Gasteiger charge is 2.33. The zero-order valence-corrected chi connectivity index (χ0v) is 20.6. The Bertz CT molecular complexity index is 1340. The lowest BCUT2D eigenvalue weighted by atomic mass is 10.1. The molecule has 2 aromatic carbocycles. The summed E-state index contributed by atoms with van der Waals surface area (Å²) in [7, 11) is 0. The number of aromatic nitrogens is 1. The van der Waals surface area contributed by atoms with Gasteiger partial charge in [0, 0.05) is 23.6 Å². The lowest BCUT2D eigenvalue weighted by Gasteiger charge is -2.16. The molecule has 0 atom stereocenters. The fourth-order valence-electron chi connectivity index (χ4n) is 2.79. The van der Waals surface area contributed by atoms with Crippen LogP contribution in [0.1, 0.15) is 29.9 Å². The Kier molecular flexibility index (Phi) is 8.43. The van der Waals surface area contributed by atoms with Crippen molar-refractivity contribution < 1.29 is 37.4 Å². The SMILES string of the molecule is CC(C)(O)C(=O)NNC(=O)c1cc(Oc2ccc(NC(=O)Nc3ccc(Cl)c(C(F)(F)F)c3)cc2)ccn1. The van der Waals surface area contributed by atoms with Gasteiger partial charge in [0.15, 0.2) is 0 Å². The average molecular weight is 552 g/mol. The van der Waals surface area contributed by atoms with Crippen LogP contribution in [0.3, 0.4) is 0 Å². The van der Waals surface area contributed by atoms with Crippen LogP contribution in [0.2, 0.25) is 5.02 Å². The highest BCUT2D eigenvalue weighted by Crippen LogP contribution is 2.36. The third-order valence-electron chi connectivity index (χ3n) is 4.69. The standard InChI is InChI=1S/C24H21ClF3N5O5/c1-23(2,37)21(35)33-32-20(34)19-12-16(9-10-29-19)38-15-6-3-13(4-7-15)30-22(36)31-14-5-8-18(25)17(11-14)24(26,27)28/h3-12,37H,1-2H3,(H,32,34)(H,33,35)(H2,30,31,36). The summed E-state index contributed by atoms with van der Waals surface area (Å²) < 4.78 is 44.7. The third kappa shape index (κ3) is 7.82. The summed E-state index contributed by atoms with van der Waals surface area (Å²) in [5, 5.41) is 13.9. The lowest BCUT2D eigenvalue weighted by Crippen LogP contribution is -2.50. The maximum Gasteiger partial charge on any atom is 0.417 e. The van der Waals surface area contributed by atoms with Crippen molar-refractivity contribution in [1.82, 2.24) is 15.8 Å². The minimum atomic E-state index is -4.67. The first-order valence-electron chi connectivity index (χ1n) is 10.7. The Morgan fingerprint density at radius 3 is 2.16 bits per heavy atom. The number of rotatable bonds is 6. The summed E-state index contributed by atoms with van der Waals surface area (Å²) in [4.78, 5) is 40.0. The van der Waals surface area contributed by atoms with E-state index in [4.69, 9.17) is 16.3 Å². The number of hydrogen-bond donors (Lipinski definition) is 5. The number of nitrogens with zero attached hydrogens (tertiary/aromatic N) is 1. The number of aliphatic hydroxyl groups is 1. The molecule has 3 aromatic rings. The molecule has 4 amide bonds. The van der Waals surface area contributed by atoms with Gasteiger partial charge in [-0.05, 0) is 62.4 Å². The molecule has 0 fully saturated rings. The van der Waals surface area contributed by atoms with Crippen molar-refractivity contribution in [2.75, 3.05) is 10.6 Å². The Balaban J connectivity index is 1.58. The molecule has 0 radical (unpaired) electrons. The molecular weight excluding hydrogens is 531 g/mol. The molecule has 3 rings (SSSR count). The van der Waals surface area contributed by atoms with Gasteiger partial charge in [0.05, 0.1) is 10.6 Å². The van der Waals surface area contributed by atoms with E-state index in [2.05, 4.69) is 26.5 Å². The van der Waals surface area contributed by atoms with Crippen LogP contribution < -0.4 is 26.2 Å². The molecule has 10 nitrogen and oxygen atoms in total. The summed E-state index contributed by atoms with van der Waals surface area (Å²) in [5.74, 6) is -1.00. The summed E-state index contributed by atoms with van der Waals surface area (Å²) in [5.41, 5.74) is 1.57. The van der Waals surface area contributed by atoms with Gasteiger partial charge < -0.3 is 20.5 Å². The predicted octanol–water partition coefficient (Wildman–Crippen LogP) is 4.72. The number of halogens is 4. The van der Waals surface area contributed by atoms with Crippen molar-refractivity contribution in [3.05, 3.63) is 77.1 Å². The Morgan fingerprint density at radius 1 is 0.895 bits per heavy atom. The molecular formula is C24H21ClF3N5O5. The van der Waals surface area contributed by atoms with Crippen LogP contribution in [-0.2, 0) is 11.0 Å². The van der Waals surface area contributed by atoms with E-state index < -0.39 is 40.2 Å². The van der Waals surface area contributed by atoms with Crippen LogP contribution in [0, 0.1) is 0 Å². The molecule has 0 aliphatic heterocycles. The Morgan fingerprint density at radius 2 is 1.53 bits per heavy atom. The van der Waals surface area contributed by atoms with Gasteiger partial charge in [0.1, 0.15) is 22.8 Å². The maximum absolute atomic E-state index is 13.0. The zero-order chi connectivity index (χ0) is 28.1. The number of benzene rings is 2. The van der Waals surface area contributed by atoms with E-state index in [1.54, 1.807) is 0 Å². The average Bonchev–Trinajstić information content (AvgIpc) is 2.83. The summed E-state index contributed by atoms with van der Waals surface area (Å²) in [6, 6.07) is 11.0. The van der Waals surface area contributed by atoms with Crippen LogP contribution in [-0.4, -0.2) is 33.5 Å². The van der Waals surface area contributed by atoms with E-state index in [1.165, 1.54) is 62.5 Å². The Labute approximate surface area is 219 Å². The molecule has 0 aliphatic carbocycles. The highest BCUT2D eigenvalue weighted by atomic mass is 35.5. The van der Waals surface area contributed by atoms with Gasteiger partial charge in [-0.25, -0.2) is 4.79 Å². The number of hydrazine groups is 1. The first kappa shape index (κ1) is 28.2. The fourth-order valence-corrected chi connectivity index (χ4v) is 3.01. The van der Waals surface area contributed by atoms with Crippen molar-refractivity contribution in [2.45, 2.75) is 25.6 Å². The van der Waals surface area contributed by atoms with E-state index in [9.17, 15) is 32.7 Å². The van der Waals surface area contributed by atoms with Crippen molar-refractivity contribution in [3.63, 3.8) is 0 Å². The van der Waals surface area contributed by atoms with E-state index >= 15 is 0 Å². The van der Waals surface area contributed by atoms with Crippen LogP contribution in [0.4, 0.5) is 29.3 Å². The summed E-state index contributed by atoms with van der Waals surface area (Å²) in [6.07, 6.45) is -3.36. The molecule has 0 bridgehead atoms. The molecule has 38 heavy (non-hydrogen) atoms. The van der Waals surface area contributed by atoms with E-state index in [1.807, 2.05) is 0 Å². The number of ether oxygens (including phenoxy) is 1. The molecule has 0 unspecified atom stereocenters. The largest absolute Gasteiger partial charge is 0.457 e. The molecule has 0 spiro atoms. The smallest absolute Gasteiger partial charge is 0.417 e. The van der Waals surface area contributed by atoms with Gasteiger partial charge in [-0.2, -0.15) is 13.2 Å². The number of alkyl halides is 3. The van der Waals surface area contributed by atoms with Gasteiger partial charge in [-0.15, -0.1) is 0 Å². The topological polar surface area (TPSA) is 142 Å². The van der Waals surface area contributed by atoms with Crippen LogP contribution in [0.5, 0.6) is 11.5 Å². The number of amides is 4. The summed E-state index contributed by atoms with van der Waals surface area (Å²) in [6.45, 7) is 2.50. The third-order valence-corrected chi connectivity index (χ3v) is 5.02. The van der Waals surface area contributed by atoms with Crippen molar-refractivity contribution >= 4 is 40.8 Å². The highest BCUT2D eigenvalue weighted by molar-refractivity contribution is 6.31. The van der Waals surface area contributed by atoms with E-state index in [0.29, 0.717) is 11.4 Å². The quantitative estimate of drug-likeness (QED) is 0.281. The minimum Gasteiger partial charge on any atom is -0.457 e. The molecule has 1 aromatic heterocycles. The number of hydrogen-bond acceptors (Lipinski definition) is 6. The second-order valence-electron chi connectivity index (χ2n) is 8.24. The minimum absolute atomic E-state index is 0.0793. The van der Waals surface area contributed by atoms with Crippen LogP contribution in [0.25, 0.3) is 0 Å². The molecule has 0 aliphatic rings. The first-order chi connectivity index (χ1) is 17.7. The second kappa shape index (κ2) is 11.4. The van der Waals surface area contributed by atoms with Gasteiger partial charge in [0.25, 0.3) is 11.8 Å². The molecule has 14 heteroatoms. The normalized spacial score (nSPS) is 11.3. The Hall–Kier alpha value is -4.36. The number of carbonyl (C=O) groups excluding carboxylic acids is 3. The number of urea groups is 1. The fraction of sp³-hybridized carbons (Fsp3) is 0.167. The van der Waals surface area contributed by atoms with Gasteiger partial charge in [0.2, 0.25) is 0 Å². The van der Waals surface area contributed by atoms with Crippen LogP contribution >= 0.6 is 11.6 Å². The number of carbonyl (C=O) groups is 3. The molecule has 1 heterocycles. The first-order valence-corrected chi connectivity index (χ1v) is 11.1. The maximum atomic E-state index is 13.0. The predicted molar refractivity (Wildman–Crippen MR) is 132 cm³/mol. The van der Waals surface area contributed by atoms with Gasteiger partial charge >= 0.3 is 12.2 Å². The number of anilines is 2. The van der Waals surface area contributed by atoms with E-state index in [0.717, 1.165) is 12.1 Å². The zero-order valence-electron chi connectivity index (χ0n) is 19.8. The molecule has 0 saturated carbocycles. The van der Waals surface area contributed by atoms with Crippen molar-refractivity contribution in [1.29, 1.82) is 0 Å². The van der Waals surface area contributed by atoms with Gasteiger partial charge in [-0.1, -0.05) is 11.6 Å². The molecule has 200 valence electrons. The molecule has 0 saturated heterocycles. The lowest BCUT2D eigenvalue weighted by molar-refractivity contribution is -0.137. The van der Waals surface area contributed by atoms with Crippen molar-refractivity contribution in [2.24, 2.45) is 0 Å². The van der Waals surface area contributed by atoms with Crippen LogP contribution in [0.15, 0.2) is 60.8 Å². The van der Waals surface area contributed by atoms with E-state index in [-0.39, 0.29) is 17.1 Å².